The van der Waals surface area contributed by atoms with Crippen molar-refractivity contribution in [2.75, 3.05) is 13.2 Å². The van der Waals surface area contributed by atoms with E-state index in [1.807, 2.05) is 43.3 Å². The van der Waals surface area contributed by atoms with Gasteiger partial charge in [-0.05, 0) is 30.2 Å². The summed E-state index contributed by atoms with van der Waals surface area (Å²) >= 11 is 0. The van der Waals surface area contributed by atoms with Gasteiger partial charge in [-0.3, -0.25) is 4.79 Å². The van der Waals surface area contributed by atoms with Crippen LogP contribution in [0, 0.1) is 0 Å². The Morgan fingerprint density at radius 2 is 2.10 bits per heavy atom. The molecule has 1 aliphatic rings. The molecule has 0 bridgehead atoms. The van der Waals surface area contributed by atoms with E-state index >= 15 is 0 Å². The largest absolute Gasteiger partial charge is 0.494 e. The van der Waals surface area contributed by atoms with Gasteiger partial charge in [0.2, 0.25) is 0 Å². The zero-order chi connectivity index (χ0) is 14.7. The van der Waals surface area contributed by atoms with Crippen LogP contribution in [0.3, 0.4) is 0 Å². The van der Waals surface area contributed by atoms with Crippen LogP contribution in [0.25, 0.3) is 0 Å². The van der Waals surface area contributed by atoms with E-state index in [0.29, 0.717) is 18.7 Å². The highest BCUT2D eigenvalue weighted by Gasteiger charge is 2.26. The van der Waals surface area contributed by atoms with Crippen molar-refractivity contribution in [2.45, 2.75) is 19.4 Å². The highest BCUT2D eigenvalue weighted by Crippen LogP contribution is 2.28. The molecule has 0 saturated heterocycles. The Morgan fingerprint density at radius 1 is 1.24 bits per heavy atom. The Morgan fingerprint density at radius 3 is 2.95 bits per heavy atom. The third-order valence-corrected chi connectivity index (χ3v) is 3.84. The van der Waals surface area contributed by atoms with Crippen LogP contribution in [0.15, 0.2) is 48.5 Å². The molecule has 1 heterocycles. The van der Waals surface area contributed by atoms with Crippen LogP contribution in [0.5, 0.6) is 5.75 Å². The molecule has 3 heteroatoms. The number of ketones is 1. The summed E-state index contributed by atoms with van der Waals surface area (Å²) in [4.78, 5) is 12.8. The van der Waals surface area contributed by atoms with Crippen molar-refractivity contribution in [3.05, 3.63) is 65.2 Å². The molecule has 3 nitrogen and oxygen atoms in total. The van der Waals surface area contributed by atoms with Crippen molar-refractivity contribution >= 4 is 5.78 Å². The summed E-state index contributed by atoms with van der Waals surface area (Å²) in [5.41, 5.74) is 3.07. The maximum Gasteiger partial charge on any atom is 0.171 e. The first-order valence-electron chi connectivity index (χ1n) is 7.35. The first-order chi connectivity index (χ1) is 10.3. The lowest BCUT2D eigenvalue weighted by Gasteiger charge is -2.25. The van der Waals surface area contributed by atoms with Crippen molar-refractivity contribution < 1.29 is 9.53 Å². The van der Waals surface area contributed by atoms with E-state index in [4.69, 9.17) is 4.74 Å². The maximum atomic E-state index is 12.8. The van der Waals surface area contributed by atoms with Gasteiger partial charge in [0.1, 0.15) is 5.75 Å². The molecule has 0 spiro atoms. The van der Waals surface area contributed by atoms with Crippen LogP contribution in [-0.4, -0.2) is 18.9 Å². The molecule has 0 aliphatic carbocycles. The molecule has 1 N–H and O–H groups in total. The van der Waals surface area contributed by atoms with Gasteiger partial charge < -0.3 is 10.1 Å². The number of carbonyl (C=O) groups is 1. The number of Topliss-reactive ketones (excluding diaryl/α,β-unsaturated/α-hetero) is 1. The van der Waals surface area contributed by atoms with Crippen LogP contribution < -0.4 is 10.1 Å². The Labute approximate surface area is 124 Å². The zero-order valence-corrected chi connectivity index (χ0v) is 12.1. The first-order valence-corrected chi connectivity index (χ1v) is 7.35. The molecule has 0 amide bonds. The molecule has 0 radical (unpaired) electrons. The molecule has 2 aromatic carbocycles. The number of hydrogen-bond donors (Lipinski definition) is 1. The van der Waals surface area contributed by atoms with Gasteiger partial charge in [-0.15, -0.1) is 0 Å². The standard InChI is InChI=1S/C18H19NO2/c1-2-21-15-8-5-7-13(10-15)18(20)17-12-19-11-14-6-3-4-9-16(14)17/h3-10,17,19H,2,11-12H2,1H3. The van der Waals surface area contributed by atoms with E-state index < -0.39 is 0 Å². The average Bonchev–Trinajstić information content (AvgIpc) is 2.54. The Bertz CT molecular complexity index is 651. The number of hydrogen-bond acceptors (Lipinski definition) is 3. The van der Waals surface area contributed by atoms with E-state index in [1.165, 1.54) is 5.56 Å². The highest BCUT2D eigenvalue weighted by atomic mass is 16.5. The number of fused-ring (bicyclic) bond motifs is 1. The Kier molecular flexibility index (Phi) is 4.02. The van der Waals surface area contributed by atoms with E-state index in [2.05, 4.69) is 17.4 Å². The maximum absolute atomic E-state index is 12.8. The van der Waals surface area contributed by atoms with Gasteiger partial charge in [-0.25, -0.2) is 0 Å². The molecule has 1 unspecified atom stereocenters. The van der Waals surface area contributed by atoms with E-state index in [-0.39, 0.29) is 11.7 Å². The topological polar surface area (TPSA) is 38.3 Å². The van der Waals surface area contributed by atoms with Crippen molar-refractivity contribution in [3.8, 4) is 5.75 Å². The summed E-state index contributed by atoms with van der Waals surface area (Å²) in [5.74, 6) is 0.781. The number of rotatable bonds is 4. The normalized spacial score (nSPS) is 17.1. The van der Waals surface area contributed by atoms with Gasteiger partial charge >= 0.3 is 0 Å². The summed E-state index contributed by atoms with van der Waals surface area (Å²) < 4.78 is 5.49. The predicted molar refractivity (Wildman–Crippen MR) is 82.8 cm³/mol. The van der Waals surface area contributed by atoms with Crippen molar-refractivity contribution in [2.24, 2.45) is 0 Å². The molecule has 0 fully saturated rings. The molecule has 3 rings (SSSR count). The summed E-state index contributed by atoms with van der Waals surface area (Å²) in [7, 11) is 0. The third-order valence-electron chi connectivity index (χ3n) is 3.84. The minimum Gasteiger partial charge on any atom is -0.494 e. The monoisotopic (exact) mass is 281 g/mol. The summed E-state index contributed by atoms with van der Waals surface area (Å²) in [6.45, 7) is 4.06. The van der Waals surface area contributed by atoms with Crippen molar-refractivity contribution in [3.63, 3.8) is 0 Å². The fourth-order valence-corrected chi connectivity index (χ4v) is 2.84. The van der Waals surface area contributed by atoms with Gasteiger partial charge in [0.05, 0.1) is 12.5 Å². The molecule has 21 heavy (non-hydrogen) atoms. The summed E-state index contributed by atoms with van der Waals surface area (Å²) in [5, 5.41) is 3.33. The van der Waals surface area contributed by atoms with Crippen LogP contribution in [0.4, 0.5) is 0 Å². The smallest absolute Gasteiger partial charge is 0.171 e. The van der Waals surface area contributed by atoms with Gasteiger partial charge in [0.15, 0.2) is 5.78 Å². The summed E-state index contributed by atoms with van der Waals surface area (Å²) in [6, 6.07) is 15.6. The van der Waals surface area contributed by atoms with Crippen molar-refractivity contribution in [1.82, 2.24) is 5.32 Å². The van der Waals surface area contributed by atoms with Crippen LogP contribution >= 0.6 is 0 Å². The first kappa shape index (κ1) is 13.8. The second kappa shape index (κ2) is 6.10. The molecule has 108 valence electrons. The van der Waals surface area contributed by atoms with Crippen molar-refractivity contribution in [1.29, 1.82) is 0 Å². The van der Waals surface area contributed by atoms with Gasteiger partial charge in [-0.2, -0.15) is 0 Å². The molecule has 2 aromatic rings. The van der Waals surface area contributed by atoms with Gasteiger partial charge in [0, 0.05) is 18.7 Å². The zero-order valence-electron chi connectivity index (χ0n) is 12.1. The second-order valence-electron chi connectivity index (χ2n) is 5.21. The minimum absolute atomic E-state index is 0.119. The predicted octanol–water partition coefficient (Wildman–Crippen LogP) is 3.16. The highest BCUT2D eigenvalue weighted by molar-refractivity contribution is 6.01. The lowest BCUT2D eigenvalue weighted by molar-refractivity contribution is 0.0954. The molecule has 1 aliphatic heterocycles. The summed E-state index contributed by atoms with van der Waals surface area (Å²) in [6.07, 6.45) is 0. The van der Waals surface area contributed by atoms with E-state index in [1.54, 1.807) is 0 Å². The fraction of sp³-hybridized carbons (Fsp3) is 0.278. The van der Waals surface area contributed by atoms with Crippen LogP contribution in [-0.2, 0) is 6.54 Å². The lowest BCUT2D eigenvalue weighted by atomic mass is 9.85. The average molecular weight is 281 g/mol. The number of nitrogens with one attached hydrogen (secondary N) is 1. The lowest BCUT2D eigenvalue weighted by Crippen LogP contribution is -2.32. The Balaban J connectivity index is 1.91. The quantitative estimate of drug-likeness (QED) is 0.875. The minimum atomic E-state index is -0.119. The van der Waals surface area contributed by atoms with Crippen LogP contribution in [0.1, 0.15) is 34.3 Å². The number of benzene rings is 2. The molecule has 0 saturated carbocycles. The second-order valence-corrected chi connectivity index (χ2v) is 5.21. The third kappa shape index (κ3) is 2.83. The fourth-order valence-electron chi connectivity index (χ4n) is 2.84. The van der Waals surface area contributed by atoms with E-state index in [0.717, 1.165) is 17.9 Å². The molecular formula is C18H19NO2. The van der Waals surface area contributed by atoms with Gasteiger partial charge in [0.25, 0.3) is 0 Å². The Hall–Kier alpha value is -2.13. The SMILES string of the molecule is CCOc1cccc(C(=O)C2CNCc3ccccc32)c1. The van der Waals surface area contributed by atoms with Gasteiger partial charge in [-0.1, -0.05) is 36.4 Å². The van der Waals surface area contributed by atoms with Crippen LogP contribution in [0.2, 0.25) is 0 Å². The number of ether oxygens (including phenoxy) is 1. The number of carbonyl (C=O) groups excluding carboxylic acids is 1. The van der Waals surface area contributed by atoms with E-state index in [9.17, 15) is 4.79 Å². The molecule has 1 atom stereocenters. The molecule has 0 aromatic heterocycles. The molecular weight excluding hydrogens is 262 g/mol.